The molecule has 6 nitrogen and oxygen atoms in total. The van der Waals surface area contributed by atoms with Gasteiger partial charge in [-0.05, 0) is 38.0 Å². The number of rotatable bonds is 6. The highest BCUT2D eigenvalue weighted by molar-refractivity contribution is 5.78. The average molecular weight is 327 g/mol. The topological polar surface area (TPSA) is 57.2 Å². The van der Waals surface area contributed by atoms with Crippen molar-refractivity contribution in [2.75, 3.05) is 46.7 Å². The van der Waals surface area contributed by atoms with E-state index in [9.17, 15) is 4.79 Å². The molecule has 3 saturated heterocycles. The maximum absolute atomic E-state index is 12.0. The first-order valence-corrected chi connectivity index (χ1v) is 8.87. The lowest BCUT2D eigenvalue weighted by molar-refractivity contribution is -0.143. The van der Waals surface area contributed by atoms with Gasteiger partial charge >= 0.3 is 0 Å². The van der Waals surface area contributed by atoms with Crippen molar-refractivity contribution in [1.29, 1.82) is 0 Å². The molecule has 1 amide bonds. The molecule has 0 N–H and O–H groups in total. The maximum Gasteiger partial charge on any atom is 0.248 e. The van der Waals surface area contributed by atoms with Crippen molar-refractivity contribution in [3.63, 3.8) is 0 Å². The van der Waals surface area contributed by atoms with Crippen molar-refractivity contribution in [2.24, 2.45) is 5.92 Å². The minimum atomic E-state index is 0.0813. The smallest absolute Gasteiger partial charge is 0.248 e. The second-order valence-corrected chi connectivity index (χ2v) is 6.84. The Bertz CT molecular complexity index is 385. The van der Waals surface area contributed by atoms with Crippen LogP contribution in [0.15, 0.2) is 0 Å². The van der Waals surface area contributed by atoms with E-state index in [-0.39, 0.29) is 30.8 Å². The van der Waals surface area contributed by atoms with E-state index in [1.54, 1.807) is 7.11 Å². The molecule has 3 aliphatic rings. The largest absolute Gasteiger partial charge is 0.381 e. The number of likely N-dealkylation sites (tertiary alicyclic amines) is 1. The first-order chi connectivity index (χ1) is 11.3. The molecule has 3 rings (SSSR count). The van der Waals surface area contributed by atoms with Gasteiger partial charge in [-0.1, -0.05) is 0 Å². The summed E-state index contributed by atoms with van der Waals surface area (Å²) in [6.07, 6.45) is 5.45. The lowest BCUT2D eigenvalue weighted by Crippen LogP contribution is -2.46. The standard InChI is InChI=1S/C17H29NO5/c1-20-12-17(19)18-7-4-16-15(18)3-2-14(23-16)11-22-10-13-5-8-21-9-6-13/h13-16H,2-12H2,1H3/t14-,15-,16-/m0/s1. The molecule has 0 aromatic heterocycles. The van der Waals surface area contributed by atoms with Crippen molar-refractivity contribution in [1.82, 2.24) is 4.90 Å². The van der Waals surface area contributed by atoms with Gasteiger partial charge in [0, 0.05) is 33.5 Å². The quantitative estimate of drug-likeness (QED) is 0.734. The molecule has 0 saturated carbocycles. The summed E-state index contributed by atoms with van der Waals surface area (Å²) in [6, 6.07) is 0.226. The van der Waals surface area contributed by atoms with Crippen molar-refractivity contribution in [3.8, 4) is 0 Å². The molecule has 3 heterocycles. The predicted molar refractivity (Wildman–Crippen MR) is 84.3 cm³/mol. The molecule has 3 atom stereocenters. The Morgan fingerprint density at radius 3 is 2.74 bits per heavy atom. The van der Waals surface area contributed by atoms with Gasteiger partial charge in [-0.25, -0.2) is 0 Å². The van der Waals surface area contributed by atoms with E-state index in [1.807, 2.05) is 4.90 Å². The minimum Gasteiger partial charge on any atom is -0.381 e. The summed E-state index contributed by atoms with van der Waals surface area (Å²) in [4.78, 5) is 14.0. The van der Waals surface area contributed by atoms with E-state index >= 15 is 0 Å². The van der Waals surface area contributed by atoms with E-state index in [0.717, 1.165) is 58.5 Å². The van der Waals surface area contributed by atoms with Crippen LogP contribution >= 0.6 is 0 Å². The zero-order valence-electron chi connectivity index (χ0n) is 14.1. The van der Waals surface area contributed by atoms with Crippen LogP contribution in [0.2, 0.25) is 0 Å². The van der Waals surface area contributed by atoms with E-state index in [1.165, 1.54) is 0 Å². The average Bonchev–Trinajstić information content (AvgIpc) is 2.99. The summed E-state index contributed by atoms with van der Waals surface area (Å²) >= 11 is 0. The van der Waals surface area contributed by atoms with Crippen LogP contribution < -0.4 is 0 Å². The van der Waals surface area contributed by atoms with E-state index in [0.29, 0.717) is 12.5 Å². The van der Waals surface area contributed by atoms with Crippen molar-refractivity contribution in [2.45, 2.75) is 50.4 Å². The molecule has 0 aliphatic carbocycles. The summed E-state index contributed by atoms with van der Waals surface area (Å²) < 4.78 is 22.4. The highest BCUT2D eigenvalue weighted by atomic mass is 16.5. The fourth-order valence-electron chi connectivity index (χ4n) is 3.92. The lowest BCUT2D eigenvalue weighted by Gasteiger charge is -2.36. The fraction of sp³-hybridized carbons (Fsp3) is 0.941. The van der Waals surface area contributed by atoms with Crippen LogP contribution in [0.1, 0.15) is 32.1 Å². The van der Waals surface area contributed by atoms with Gasteiger partial charge in [0.15, 0.2) is 0 Å². The molecule has 0 radical (unpaired) electrons. The number of hydrogen-bond donors (Lipinski definition) is 0. The summed E-state index contributed by atoms with van der Waals surface area (Å²) in [5.74, 6) is 0.714. The number of amides is 1. The Labute approximate surface area is 138 Å². The molecule has 3 fully saturated rings. The zero-order chi connectivity index (χ0) is 16.1. The monoisotopic (exact) mass is 327 g/mol. The van der Waals surface area contributed by atoms with Gasteiger partial charge in [0.25, 0.3) is 0 Å². The van der Waals surface area contributed by atoms with Crippen molar-refractivity contribution >= 4 is 5.91 Å². The summed E-state index contributed by atoms with van der Waals surface area (Å²) in [6.45, 7) is 4.17. The van der Waals surface area contributed by atoms with E-state index < -0.39 is 0 Å². The highest BCUT2D eigenvalue weighted by Crippen LogP contribution is 2.31. The number of methoxy groups -OCH3 is 1. The molecule has 0 bridgehead atoms. The number of fused-ring (bicyclic) bond motifs is 1. The summed E-state index contributed by atoms with van der Waals surface area (Å²) in [5.41, 5.74) is 0. The van der Waals surface area contributed by atoms with Gasteiger partial charge in [-0.2, -0.15) is 0 Å². The molecule has 132 valence electrons. The third kappa shape index (κ3) is 4.44. The van der Waals surface area contributed by atoms with Crippen LogP contribution in [0.4, 0.5) is 0 Å². The van der Waals surface area contributed by atoms with Crippen molar-refractivity contribution in [3.05, 3.63) is 0 Å². The van der Waals surface area contributed by atoms with Crippen LogP contribution in [0.25, 0.3) is 0 Å². The van der Waals surface area contributed by atoms with Gasteiger partial charge < -0.3 is 23.8 Å². The molecule has 0 aromatic carbocycles. The van der Waals surface area contributed by atoms with Crippen LogP contribution in [-0.2, 0) is 23.7 Å². The number of hydrogen-bond acceptors (Lipinski definition) is 5. The maximum atomic E-state index is 12.0. The second kappa shape index (κ2) is 8.42. The van der Waals surface area contributed by atoms with Crippen LogP contribution in [0.3, 0.4) is 0 Å². The van der Waals surface area contributed by atoms with Gasteiger partial charge in [-0.3, -0.25) is 4.79 Å². The Balaban J connectivity index is 1.38. The molecule has 0 unspecified atom stereocenters. The molecule has 6 heteroatoms. The molecular formula is C17H29NO5. The number of carbonyl (C=O) groups is 1. The normalized spacial score (nSPS) is 32.0. The second-order valence-electron chi connectivity index (χ2n) is 6.84. The Kier molecular flexibility index (Phi) is 6.28. The minimum absolute atomic E-state index is 0.0813. The molecule has 23 heavy (non-hydrogen) atoms. The lowest BCUT2D eigenvalue weighted by atomic mass is 9.99. The van der Waals surface area contributed by atoms with E-state index in [4.69, 9.17) is 18.9 Å². The first kappa shape index (κ1) is 17.1. The Morgan fingerprint density at radius 2 is 1.96 bits per heavy atom. The number of ether oxygens (including phenoxy) is 4. The van der Waals surface area contributed by atoms with Gasteiger partial charge in [0.2, 0.25) is 5.91 Å². The van der Waals surface area contributed by atoms with Crippen LogP contribution in [-0.4, -0.2) is 75.7 Å². The van der Waals surface area contributed by atoms with Gasteiger partial charge in [-0.15, -0.1) is 0 Å². The SMILES string of the molecule is COCC(=O)N1CC[C@@H]2O[C@H](COCC3CCOCC3)CC[C@@H]21. The van der Waals surface area contributed by atoms with Crippen LogP contribution in [0, 0.1) is 5.92 Å². The van der Waals surface area contributed by atoms with Crippen LogP contribution in [0.5, 0.6) is 0 Å². The molecule has 3 aliphatic heterocycles. The summed E-state index contributed by atoms with van der Waals surface area (Å²) in [5, 5.41) is 0. The number of carbonyl (C=O) groups excluding carboxylic acids is 1. The molecular weight excluding hydrogens is 298 g/mol. The Morgan fingerprint density at radius 1 is 1.13 bits per heavy atom. The van der Waals surface area contributed by atoms with E-state index in [2.05, 4.69) is 0 Å². The number of nitrogens with zero attached hydrogens (tertiary/aromatic N) is 1. The zero-order valence-corrected chi connectivity index (χ0v) is 14.1. The summed E-state index contributed by atoms with van der Waals surface area (Å²) in [7, 11) is 1.56. The third-order valence-corrected chi connectivity index (χ3v) is 5.22. The molecule has 0 aromatic rings. The predicted octanol–water partition coefficient (Wildman–Crippen LogP) is 1.22. The van der Waals surface area contributed by atoms with Gasteiger partial charge in [0.1, 0.15) is 6.61 Å². The highest BCUT2D eigenvalue weighted by Gasteiger charge is 2.41. The van der Waals surface area contributed by atoms with Gasteiger partial charge in [0.05, 0.1) is 24.9 Å². The first-order valence-electron chi connectivity index (χ1n) is 8.87. The fourth-order valence-corrected chi connectivity index (χ4v) is 3.92. The Hall–Kier alpha value is -0.690. The molecule has 0 spiro atoms. The third-order valence-electron chi connectivity index (χ3n) is 5.22. The van der Waals surface area contributed by atoms with Crippen molar-refractivity contribution < 1.29 is 23.7 Å².